The summed E-state index contributed by atoms with van der Waals surface area (Å²) in [5.41, 5.74) is 1.13. The van der Waals surface area contributed by atoms with Crippen LogP contribution in [0.15, 0.2) is 30.3 Å². The van der Waals surface area contributed by atoms with Gasteiger partial charge in [0.05, 0.1) is 13.0 Å². The van der Waals surface area contributed by atoms with Gasteiger partial charge in [-0.15, -0.1) is 0 Å². The van der Waals surface area contributed by atoms with Crippen LogP contribution in [-0.2, 0) is 20.1 Å². The summed E-state index contributed by atoms with van der Waals surface area (Å²) in [5, 5.41) is 0.122. The molecule has 1 aliphatic rings. The first-order valence-corrected chi connectivity index (χ1v) is 7.49. The van der Waals surface area contributed by atoms with E-state index in [1.807, 2.05) is 30.3 Å². The topological polar surface area (TPSA) is 43.4 Å². The van der Waals surface area contributed by atoms with Crippen molar-refractivity contribution in [3.8, 4) is 0 Å². The first kappa shape index (κ1) is 14.1. The summed E-state index contributed by atoms with van der Waals surface area (Å²) in [6, 6.07) is 9.90. The van der Waals surface area contributed by atoms with E-state index in [-0.39, 0.29) is 22.9 Å². The number of carbonyl (C=O) groups is 2. The molecule has 0 aliphatic heterocycles. The lowest BCUT2D eigenvalue weighted by atomic mass is 9.98. The third kappa shape index (κ3) is 3.60. The minimum absolute atomic E-state index is 0.122. The van der Waals surface area contributed by atoms with E-state index in [4.69, 9.17) is 4.74 Å². The molecular weight excluding hydrogens is 260 g/mol. The van der Waals surface area contributed by atoms with Gasteiger partial charge in [0.1, 0.15) is 0 Å². The van der Waals surface area contributed by atoms with Crippen LogP contribution < -0.4 is 0 Å². The Morgan fingerprint density at radius 3 is 2.58 bits per heavy atom. The second-order valence-corrected chi connectivity index (χ2v) is 5.74. The van der Waals surface area contributed by atoms with E-state index in [1.165, 1.54) is 18.9 Å². The van der Waals surface area contributed by atoms with Gasteiger partial charge in [-0.3, -0.25) is 9.59 Å². The third-order valence-corrected chi connectivity index (χ3v) is 4.61. The molecule has 2 atom stereocenters. The van der Waals surface area contributed by atoms with Crippen LogP contribution in [0.3, 0.4) is 0 Å². The van der Waals surface area contributed by atoms with Crippen molar-refractivity contribution in [2.24, 2.45) is 11.8 Å². The predicted molar refractivity (Wildman–Crippen MR) is 75.6 cm³/mol. The van der Waals surface area contributed by atoms with Gasteiger partial charge < -0.3 is 4.74 Å². The van der Waals surface area contributed by atoms with Crippen LogP contribution in [0.5, 0.6) is 0 Å². The van der Waals surface area contributed by atoms with Crippen LogP contribution in [0.4, 0.5) is 0 Å². The summed E-state index contributed by atoms with van der Waals surface area (Å²) in [4.78, 5) is 23.8. The summed E-state index contributed by atoms with van der Waals surface area (Å²) in [5.74, 6) is 0.0300. The Kier molecular flexibility index (Phi) is 5.02. The van der Waals surface area contributed by atoms with Crippen molar-refractivity contribution in [2.75, 3.05) is 7.11 Å². The molecule has 0 heterocycles. The van der Waals surface area contributed by atoms with Crippen molar-refractivity contribution in [2.45, 2.75) is 25.0 Å². The van der Waals surface area contributed by atoms with E-state index in [2.05, 4.69) is 0 Å². The molecule has 1 aromatic rings. The standard InChI is InChI=1S/C15H18O3S/c1-18-14(16)12-8-5-9-13(12)15(17)19-10-11-6-3-2-4-7-11/h2-4,6-7,12-13H,5,8-10H2,1H3/t12-,13+/m1/s1. The van der Waals surface area contributed by atoms with Gasteiger partial charge in [-0.25, -0.2) is 0 Å². The average Bonchev–Trinajstić information content (AvgIpc) is 2.94. The van der Waals surface area contributed by atoms with E-state index in [9.17, 15) is 9.59 Å². The Morgan fingerprint density at radius 1 is 1.21 bits per heavy atom. The first-order valence-electron chi connectivity index (χ1n) is 6.50. The smallest absolute Gasteiger partial charge is 0.309 e. The molecule has 1 saturated carbocycles. The zero-order valence-corrected chi connectivity index (χ0v) is 11.8. The van der Waals surface area contributed by atoms with Crippen molar-refractivity contribution in [1.82, 2.24) is 0 Å². The van der Waals surface area contributed by atoms with E-state index in [1.54, 1.807) is 0 Å². The molecule has 1 fully saturated rings. The molecule has 0 amide bonds. The molecule has 0 unspecified atom stereocenters. The fourth-order valence-electron chi connectivity index (χ4n) is 2.51. The number of rotatable bonds is 4. The fraction of sp³-hybridized carbons (Fsp3) is 0.467. The molecule has 0 bridgehead atoms. The largest absolute Gasteiger partial charge is 0.469 e. The summed E-state index contributed by atoms with van der Waals surface area (Å²) in [6.07, 6.45) is 2.51. The van der Waals surface area contributed by atoms with E-state index < -0.39 is 0 Å². The maximum absolute atomic E-state index is 12.2. The molecule has 19 heavy (non-hydrogen) atoms. The molecule has 1 aliphatic carbocycles. The number of hydrogen-bond donors (Lipinski definition) is 0. The van der Waals surface area contributed by atoms with Gasteiger partial charge in [-0.2, -0.15) is 0 Å². The molecule has 0 N–H and O–H groups in total. The number of hydrogen-bond acceptors (Lipinski definition) is 4. The fourth-order valence-corrected chi connectivity index (χ4v) is 3.51. The molecule has 102 valence electrons. The van der Waals surface area contributed by atoms with Crippen LogP contribution in [0, 0.1) is 11.8 Å². The zero-order chi connectivity index (χ0) is 13.7. The number of methoxy groups -OCH3 is 1. The highest BCUT2D eigenvalue weighted by molar-refractivity contribution is 8.13. The predicted octanol–water partition coefficient (Wildman–Crippen LogP) is 3.04. The summed E-state index contributed by atoms with van der Waals surface area (Å²) in [6.45, 7) is 0. The molecular formula is C15H18O3S. The highest BCUT2D eigenvalue weighted by atomic mass is 32.2. The van der Waals surface area contributed by atoms with Gasteiger partial charge in [0, 0.05) is 11.7 Å². The van der Waals surface area contributed by atoms with E-state index >= 15 is 0 Å². The van der Waals surface area contributed by atoms with Crippen molar-refractivity contribution < 1.29 is 14.3 Å². The summed E-state index contributed by atoms with van der Waals surface area (Å²) in [7, 11) is 1.39. The maximum Gasteiger partial charge on any atom is 0.309 e. The van der Waals surface area contributed by atoms with Gasteiger partial charge in [0.15, 0.2) is 5.12 Å². The second-order valence-electron chi connectivity index (χ2n) is 4.76. The average molecular weight is 278 g/mol. The molecule has 3 nitrogen and oxygen atoms in total. The SMILES string of the molecule is COC(=O)[C@@H]1CCC[C@@H]1C(=O)SCc1ccccc1. The Morgan fingerprint density at radius 2 is 1.89 bits per heavy atom. The van der Waals surface area contributed by atoms with Crippen molar-refractivity contribution in [3.63, 3.8) is 0 Å². The number of esters is 1. The number of benzene rings is 1. The van der Waals surface area contributed by atoms with Crippen LogP contribution in [-0.4, -0.2) is 18.2 Å². The minimum Gasteiger partial charge on any atom is -0.469 e. The second kappa shape index (κ2) is 6.75. The van der Waals surface area contributed by atoms with Crippen molar-refractivity contribution in [1.29, 1.82) is 0 Å². The van der Waals surface area contributed by atoms with Crippen molar-refractivity contribution in [3.05, 3.63) is 35.9 Å². The zero-order valence-electron chi connectivity index (χ0n) is 11.0. The van der Waals surface area contributed by atoms with Gasteiger partial charge >= 0.3 is 5.97 Å². The molecule has 0 radical (unpaired) electrons. The first-order chi connectivity index (χ1) is 9.22. The molecule has 1 aromatic carbocycles. The maximum atomic E-state index is 12.2. The Bertz CT molecular complexity index is 444. The van der Waals surface area contributed by atoms with Gasteiger partial charge in [0.2, 0.25) is 0 Å². The normalized spacial score (nSPS) is 22.2. The third-order valence-electron chi connectivity index (χ3n) is 3.55. The van der Waals surface area contributed by atoms with Gasteiger partial charge in [0.25, 0.3) is 0 Å². The Balaban J connectivity index is 1.90. The molecule has 4 heteroatoms. The monoisotopic (exact) mass is 278 g/mol. The van der Waals surface area contributed by atoms with Gasteiger partial charge in [-0.1, -0.05) is 48.5 Å². The molecule has 2 rings (SSSR count). The van der Waals surface area contributed by atoms with Crippen LogP contribution >= 0.6 is 11.8 Å². The van der Waals surface area contributed by atoms with E-state index in [0.717, 1.165) is 24.8 Å². The molecule has 0 saturated heterocycles. The summed E-state index contributed by atoms with van der Waals surface area (Å²) >= 11 is 1.31. The van der Waals surface area contributed by atoms with Gasteiger partial charge in [-0.05, 0) is 18.4 Å². The number of carbonyl (C=O) groups excluding carboxylic acids is 2. The molecule has 0 aromatic heterocycles. The lowest BCUT2D eigenvalue weighted by Gasteiger charge is -2.15. The quantitative estimate of drug-likeness (QED) is 0.794. The van der Waals surface area contributed by atoms with Crippen LogP contribution in [0.1, 0.15) is 24.8 Å². The van der Waals surface area contributed by atoms with E-state index in [0.29, 0.717) is 5.75 Å². The highest BCUT2D eigenvalue weighted by Gasteiger charge is 2.38. The van der Waals surface area contributed by atoms with Crippen molar-refractivity contribution >= 4 is 22.8 Å². The molecule has 0 spiro atoms. The Hall–Kier alpha value is -1.29. The lowest BCUT2D eigenvalue weighted by molar-refractivity contribution is -0.147. The summed E-state index contributed by atoms with van der Waals surface area (Å²) < 4.78 is 4.78. The highest BCUT2D eigenvalue weighted by Crippen LogP contribution is 2.36. The Labute approximate surface area is 117 Å². The number of ether oxygens (including phenoxy) is 1. The lowest BCUT2D eigenvalue weighted by Crippen LogP contribution is -2.25. The van der Waals surface area contributed by atoms with Crippen LogP contribution in [0.2, 0.25) is 0 Å². The minimum atomic E-state index is -0.240. The number of thioether (sulfide) groups is 1. The van der Waals surface area contributed by atoms with Crippen LogP contribution in [0.25, 0.3) is 0 Å².